The third-order valence-electron chi connectivity index (χ3n) is 7.07. The molecule has 0 unspecified atom stereocenters. The number of aromatic nitrogens is 3. The van der Waals surface area contributed by atoms with Gasteiger partial charge in [-0.3, -0.25) is 14.0 Å². The summed E-state index contributed by atoms with van der Waals surface area (Å²) in [7, 11) is 0. The third kappa shape index (κ3) is 3.09. The van der Waals surface area contributed by atoms with Crippen molar-refractivity contribution < 1.29 is 9.18 Å². The van der Waals surface area contributed by atoms with E-state index in [-0.39, 0.29) is 16.5 Å². The fraction of sp³-hybridized carbons (Fsp3) is 0.320. The van der Waals surface area contributed by atoms with E-state index in [1.165, 1.54) is 18.9 Å². The minimum absolute atomic E-state index is 0.0601. The number of halogens is 2. The van der Waals surface area contributed by atoms with Crippen LogP contribution in [0.5, 0.6) is 0 Å². The second kappa shape index (κ2) is 7.42. The summed E-state index contributed by atoms with van der Waals surface area (Å²) in [5.41, 5.74) is 4.36. The molecule has 33 heavy (non-hydrogen) atoms. The van der Waals surface area contributed by atoms with Crippen molar-refractivity contribution in [2.75, 3.05) is 11.4 Å². The lowest BCUT2D eigenvalue weighted by Gasteiger charge is -2.20. The molecule has 2 aromatic carbocycles. The monoisotopic (exact) mass is 464 g/mol. The van der Waals surface area contributed by atoms with Crippen molar-refractivity contribution in [3.05, 3.63) is 74.2 Å². The van der Waals surface area contributed by atoms with Crippen molar-refractivity contribution >= 4 is 39.7 Å². The number of hydrogen-bond acceptors (Lipinski definition) is 3. The summed E-state index contributed by atoms with van der Waals surface area (Å²) >= 11 is 5.92. The van der Waals surface area contributed by atoms with Crippen LogP contribution >= 0.6 is 11.6 Å². The Hall–Kier alpha value is -3.19. The van der Waals surface area contributed by atoms with Gasteiger partial charge in [0.2, 0.25) is 0 Å². The van der Waals surface area contributed by atoms with Crippen molar-refractivity contribution in [2.24, 2.45) is 0 Å². The number of nitrogens with zero attached hydrogens (tertiary/aromatic N) is 3. The molecule has 0 radical (unpaired) electrons. The predicted molar refractivity (Wildman–Crippen MR) is 126 cm³/mol. The summed E-state index contributed by atoms with van der Waals surface area (Å²) in [6.45, 7) is 2.34. The molecule has 3 heterocycles. The van der Waals surface area contributed by atoms with Gasteiger partial charge >= 0.3 is 0 Å². The maximum absolute atomic E-state index is 14.1. The third-order valence-corrected chi connectivity index (χ3v) is 7.36. The highest BCUT2D eigenvalue weighted by Gasteiger charge is 2.29. The number of benzene rings is 2. The zero-order chi connectivity index (χ0) is 22.9. The highest BCUT2D eigenvalue weighted by Crippen LogP contribution is 2.36. The molecule has 1 aliphatic carbocycles. The second-order valence-corrected chi connectivity index (χ2v) is 9.47. The van der Waals surface area contributed by atoms with E-state index in [1.807, 2.05) is 17.4 Å². The van der Waals surface area contributed by atoms with Crippen LogP contribution in [0, 0.1) is 12.7 Å². The van der Waals surface area contributed by atoms with Crippen LogP contribution in [0.3, 0.4) is 0 Å². The van der Waals surface area contributed by atoms with Gasteiger partial charge < -0.3 is 9.88 Å². The van der Waals surface area contributed by atoms with Gasteiger partial charge in [-0.25, -0.2) is 9.37 Å². The highest BCUT2D eigenvalue weighted by molar-refractivity contribution is 6.31. The second-order valence-electron chi connectivity index (χ2n) is 9.06. The number of aryl methyl sites for hydroxylation is 1. The first kappa shape index (κ1) is 20.4. The molecule has 1 amide bonds. The molecule has 1 saturated carbocycles. The Morgan fingerprint density at radius 2 is 1.97 bits per heavy atom. The summed E-state index contributed by atoms with van der Waals surface area (Å²) in [5.74, 6) is 0.480. The first-order chi connectivity index (χ1) is 15.9. The normalized spacial score (nSPS) is 16.3. The number of nitrogens with one attached hydrogen (secondary N) is 1. The standard InChI is InChI=1S/C25H22ClFN4O2/c1-13-8-21-19(29-24(32)22-12-28-23(31(21)22)14-4-2-3-5-14)10-16(13)25(33)30-7-6-15-9-17(26)18(27)11-20(15)30/h8-12,14H,2-7H2,1H3,(H,29,32). The number of aromatic amines is 1. The molecule has 168 valence electrons. The molecule has 2 aromatic heterocycles. The highest BCUT2D eigenvalue weighted by atomic mass is 35.5. The fourth-order valence-corrected chi connectivity index (χ4v) is 5.57. The molecule has 4 aromatic rings. The molecule has 6 rings (SSSR count). The van der Waals surface area contributed by atoms with Gasteiger partial charge in [-0.1, -0.05) is 24.4 Å². The van der Waals surface area contributed by atoms with E-state index in [1.54, 1.807) is 23.2 Å². The molecule has 0 bridgehead atoms. The summed E-state index contributed by atoms with van der Waals surface area (Å²) in [6, 6.07) is 6.58. The summed E-state index contributed by atoms with van der Waals surface area (Å²) in [6.07, 6.45) is 6.73. The van der Waals surface area contributed by atoms with Crippen LogP contribution in [-0.2, 0) is 6.42 Å². The van der Waals surface area contributed by atoms with Gasteiger partial charge in [-0.05, 0) is 61.6 Å². The van der Waals surface area contributed by atoms with Gasteiger partial charge in [0.1, 0.15) is 17.2 Å². The zero-order valence-corrected chi connectivity index (χ0v) is 18.9. The molecule has 0 atom stereocenters. The molecule has 2 aliphatic rings. The van der Waals surface area contributed by atoms with Gasteiger partial charge in [0.15, 0.2) is 0 Å². The topological polar surface area (TPSA) is 70.5 Å². The fourth-order valence-electron chi connectivity index (χ4n) is 5.38. The first-order valence-corrected chi connectivity index (χ1v) is 11.6. The Morgan fingerprint density at radius 3 is 2.76 bits per heavy atom. The first-order valence-electron chi connectivity index (χ1n) is 11.3. The number of imidazole rings is 1. The molecular formula is C25H22ClFN4O2. The Labute approximate surface area is 194 Å². The Bertz CT molecular complexity index is 1520. The van der Waals surface area contributed by atoms with Crippen LogP contribution in [0.2, 0.25) is 5.02 Å². The lowest BCUT2D eigenvalue weighted by molar-refractivity contribution is 0.0989. The number of anilines is 1. The van der Waals surface area contributed by atoms with Crippen LogP contribution in [-0.4, -0.2) is 26.8 Å². The van der Waals surface area contributed by atoms with E-state index in [0.717, 1.165) is 35.3 Å². The van der Waals surface area contributed by atoms with Crippen LogP contribution < -0.4 is 10.5 Å². The minimum Gasteiger partial charge on any atom is -0.319 e. The van der Waals surface area contributed by atoms with Gasteiger partial charge in [0, 0.05) is 18.0 Å². The predicted octanol–water partition coefficient (Wildman–Crippen LogP) is 5.14. The molecule has 0 saturated heterocycles. The number of carbonyl (C=O) groups is 1. The largest absolute Gasteiger partial charge is 0.319 e. The van der Waals surface area contributed by atoms with Gasteiger partial charge in [0.25, 0.3) is 11.5 Å². The average molecular weight is 465 g/mol. The average Bonchev–Trinajstić information content (AvgIpc) is 3.53. The van der Waals surface area contributed by atoms with Crippen LogP contribution in [0.1, 0.15) is 58.9 Å². The van der Waals surface area contributed by atoms with Crippen LogP contribution in [0.15, 0.2) is 35.3 Å². The smallest absolute Gasteiger partial charge is 0.274 e. The van der Waals surface area contributed by atoms with Crippen LogP contribution in [0.4, 0.5) is 10.1 Å². The van der Waals surface area contributed by atoms with Gasteiger partial charge in [0.05, 0.1) is 27.9 Å². The summed E-state index contributed by atoms with van der Waals surface area (Å²) in [5, 5.41) is 0.0601. The van der Waals surface area contributed by atoms with E-state index in [4.69, 9.17) is 11.6 Å². The van der Waals surface area contributed by atoms with Crippen molar-refractivity contribution in [1.29, 1.82) is 0 Å². The number of amides is 1. The number of fused-ring (bicyclic) bond motifs is 4. The Balaban J connectivity index is 1.49. The lowest BCUT2D eigenvalue weighted by atomic mass is 10.0. The molecule has 1 aliphatic heterocycles. The number of H-pyrrole nitrogens is 1. The van der Waals surface area contributed by atoms with E-state index in [0.29, 0.717) is 41.2 Å². The van der Waals surface area contributed by atoms with Crippen molar-refractivity contribution in [3.63, 3.8) is 0 Å². The van der Waals surface area contributed by atoms with Gasteiger partial charge in [-0.2, -0.15) is 0 Å². The molecular weight excluding hydrogens is 443 g/mol. The van der Waals surface area contributed by atoms with E-state index < -0.39 is 5.82 Å². The number of hydrogen-bond donors (Lipinski definition) is 1. The van der Waals surface area contributed by atoms with E-state index in [2.05, 4.69) is 9.97 Å². The number of carbonyl (C=O) groups excluding carboxylic acids is 1. The quantitative estimate of drug-likeness (QED) is 0.446. The zero-order valence-electron chi connectivity index (χ0n) is 18.1. The van der Waals surface area contributed by atoms with Crippen molar-refractivity contribution in [1.82, 2.24) is 14.4 Å². The van der Waals surface area contributed by atoms with E-state index in [9.17, 15) is 14.0 Å². The summed E-state index contributed by atoms with van der Waals surface area (Å²) < 4.78 is 16.1. The molecule has 6 nitrogen and oxygen atoms in total. The van der Waals surface area contributed by atoms with Gasteiger partial charge in [-0.15, -0.1) is 0 Å². The molecule has 1 N–H and O–H groups in total. The summed E-state index contributed by atoms with van der Waals surface area (Å²) in [4.78, 5) is 35.4. The Kier molecular flexibility index (Phi) is 4.59. The van der Waals surface area contributed by atoms with Crippen molar-refractivity contribution in [2.45, 2.75) is 44.9 Å². The lowest BCUT2D eigenvalue weighted by Crippen LogP contribution is -2.29. The maximum Gasteiger partial charge on any atom is 0.274 e. The SMILES string of the molecule is Cc1cc2c(cc1C(=O)N1CCc3cc(Cl)c(F)cc31)[nH]c(=O)c1cnc(C3CCCC3)n12. The maximum atomic E-state index is 14.1. The molecule has 1 fully saturated rings. The van der Waals surface area contributed by atoms with Crippen molar-refractivity contribution in [3.8, 4) is 0 Å². The molecule has 8 heteroatoms. The van der Waals surface area contributed by atoms with Crippen LogP contribution in [0.25, 0.3) is 16.6 Å². The Morgan fingerprint density at radius 1 is 1.18 bits per heavy atom. The minimum atomic E-state index is -0.545. The van der Waals surface area contributed by atoms with E-state index >= 15 is 0 Å². The number of rotatable bonds is 2. The molecule has 0 spiro atoms.